The standard InChI is InChI=1S/C14H21F2NO3S/c1-14(2,3)13(6-7-18)17-21(19,20)9-10-4-5-11(15)8-12(10)16/h4-5,8,13,17-18H,6-7,9H2,1-3H3. The predicted octanol–water partition coefficient (Wildman–Crippen LogP) is 2.18. The van der Waals surface area contributed by atoms with E-state index < -0.39 is 38.9 Å². The van der Waals surface area contributed by atoms with Crippen LogP contribution in [-0.4, -0.2) is 26.2 Å². The summed E-state index contributed by atoms with van der Waals surface area (Å²) in [5.41, 5.74) is -0.488. The third kappa shape index (κ3) is 5.68. The first-order valence-electron chi connectivity index (χ1n) is 6.60. The lowest BCUT2D eigenvalue weighted by Gasteiger charge is -2.30. The molecule has 0 saturated carbocycles. The van der Waals surface area contributed by atoms with Crippen LogP contribution in [0.4, 0.5) is 8.78 Å². The molecule has 1 unspecified atom stereocenters. The molecule has 0 radical (unpaired) electrons. The second-order valence-corrected chi connectivity index (χ2v) is 7.80. The molecule has 0 aliphatic heterocycles. The molecule has 0 aliphatic carbocycles. The second kappa shape index (κ2) is 6.81. The summed E-state index contributed by atoms with van der Waals surface area (Å²) in [5, 5.41) is 9.02. The molecule has 1 rings (SSSR count). The predicted molar refractivity (Wildman–Crippen MR) is 77.1 cm³/mol. The van der Waals surface area contributed by atoms with Crippen molar-refractivity contribution in [3.05, 3.63) is 35.4 Å². The minimum Gasteiger partial charge on any atom is -0.396 e. The molecule has 2 N–H and O–H groups in total. The Morgan fingerprint density at radius 1 is 1.29 bits per heavy atom. The molecule has 0 bridgehead atoms. The maximum Gasteiger partial charge on any atom is 0.216 e. The quantitative estimate of drug-likeness (QED) is 0.844. The van der Waals surface area contributed by atoms with Gasteiger partial charge in [-0.2, -0.15) is 0 Å². The van der Waals surface area contributed by atoms with Gasteiger partial charge in [-0.15, -0.1) is 0 Å². The first-order valence-corrected chi connectivity index (χ1v) is 8.25. The molecule has 1 aromatic rings. The Morgan fingerprint density at radius 2 is 1.90 bits per heavy atom. The number of benzene rings is 1. The SMILES string of the molecule is CC(C)(C)C(CCO)NS(=O)(=O)Cc1ccc(F)cc1F. The van der Waals surface area contributed by atoms with Gasteiger partial charge in [-0.3, -0.25) is 0 Å². The van der Waals surface area contributed by atoms with E-state index in [1.165, 1.54) is 0 Å². The van der Waals surface area contributed by atoms with Crippen molar-refractivity contribution >= 4 is 10.0 Å². The molecule has 7 heteroatoms. The molecule has 1 aromatic carbocycles. The zero-order chi connectivity index (χ0) is 16.3. The smallest absolute Gasteiger partial charge is 0.216 e. The Hall–Kier alpha value is -1.05. The van der Waals surface area contributed by atoms with Crippen LogP contribution in [0.1, 0.15) is 32.8 Å². The van der Waals surface area contributed by atoms with Crippen molar-refractivity contribution in [2.45, 2.75) is 39.0 Å². The van der Waals surface area contributed by atoms with Gasteiger partial charge in [-0.05, 0) is 17.9 Å². The second-order valence-electron chi connectivity index (χ2n) is 6.04. The van der Waals surface area contributed by atoms with Crippen LogP contribution in [0.25, 0.3) is 0 Å². The van der Waals surface area contributed by atoms with Gasteiger partial charge in [0.15, 0.2) is 0 Å². The minimum absolute atomic E-state index is 0.0967. The molecule has 0 amide bonds. The van der Waals surface area contributed by atoms with Crippen LogP contribution in [0.5, 0.6) is 0 Å². The van der Waals surface area contributed by atoms with Crippen molar-refractivity contribution < 1.29 is 22.3 Å². The van der Waals surface area contributed by atoms with Gasteiger partial charge in [0, 0.05) is 24.3 Å². The van der Waals surface area contributed by atoms with E-state index in [0.29, 0.717) is 6.07 Å². The van der Waals surface area contributed by atoms with Crippen molar-refractivity contribution in [1.29, 1.82) is 0 Å². The number of nitrogens with one attached hydrogen (secondary N) is 1. The Kier molecular flexibility index (Phi) is 5.83. The molecule has 1 atom stereocenters. The van der Waals surface area contributed by atoms with E-state index in [9.17, 15) is 17.2 Å². The summed E-state index contributed by atoms with van der Waals surface area (Å²) in [6.07, 6.45) is 0.259. The van der Waals surface area contributed by atoms with Gasteiger partial charge >= 0.3 is 0 Å². The van der Waals surface area contributed by atoms with Gasteiger partial charge in [0.25, 0.3) is 0 Å². The molecule has 4 nitrogen and oxygen atoms in total. The molecular formula is C14H21F2NO3S. The van der Waals surface area contributed by atoms with Crippen LogP contribution in [0, 0.1) is 17.0 Å². The lowest BCUT2D eigenvalue weighted by Crippen LogP contribution is -2.44. The fourth-order valence-corrected chi connectivity index (χ4v) is 3.53. The van der Waals surface area contributed by atoms with Crippen LogP contribution in [0.3, 0.4) is 0 Å². The third-order valence-electron chi connectivity index (χ3n) is 3.15. The van der Waals surface area contributed by atoms with E-state index in [4.69, 9.17) is 5.11 Å². The van der Waals surface area contributed by atoms with Crippen molar-refractivity contribution in [2.24, 2.45) is 5.41 Å². The number of rotatable bonds is 6. The van der Waals surface area contributed by atoms with Gasteiger partial charge in [0.05, 0.1) is 5.75 Å². The van der Waals surface area contributed by atoms with E-state index in [1.54, 1.807) is 0 Å². The Morgan fingerprint density at radius 3 is 2.38 bits per heavy atom. The zero-order valence-electron chi connectivity index (χ0n) is 12.4. The third-order valence-corrected chi connectivity index (χ3v) is 4.48. The molecule has 0 spiro atoms. The summed E-state index contributed by atoms with van der Waals surface area (Å²) in [6.45, 7) is 5.37. The highest BCUT2D eigenvalue weighted by Crippen LogP contribution is 2.23. The Labute approximate surface area is 124 Å². The monoisotopic (exact) mass is 321 g/mol. The summed E-state index contributed by atoms with van der Waals surface area (Å²) in [6, 6.07) is 2.31. The average molecular weight is 321 g/mol. The van der Waals surface area contributed by atoms with E-state index in [1.807, 2.05) is 20.8 Å². The number of aliphatic hydroxyl groups is 1. The van der Waals surface area contributed by atoms with Crippen LogP contribution in [-0.2, 0) is 15.8 Å². The molecular weight excluding hydrogens is 300 g/mol. The average Bonchev–Trinajstić information content (AvgIpc) is 2.31. The fourth-order valence-electron chi connectivity index (χ4n) is 1.90. The topological polar surface area (TPSA) is 66.4 Å². The highest BCUT2D eigenvalue weighted by molar-refractivity contribution is 7.88. The summed E-state index contributed by atoms with van der Waals surface area (Å²) in [5.74, 6) is -2.22. The molecule has 0 aliphatic rings. The lowest BCUT2D eigenvalue weighted by molar-refractivity contribution is 0.214. The largest absolute Gasteiger partial charge is 0.396 e. The molecule has 0 heterocycles. The molecule has 0 aromatic heterocycles. The van der Waals surface area contributed by atoms with Gasteiger partial charge in [-0.1, -0.05) is 26.8 Å². The lowest BCUT2D eigenvalue weighted by atomic mass is 9.86. The molecule has 0 fully saturated rings. The summed E-state index contributed by atoms with van der Waals surface area (Å²) in [4.78, 5) is 0. The fraction of sp³-hybridized carbons (Fsp3) is 0.571. The minimum atomic E-state index is -3.80. The van der Waals surface area contributed by atoms with Crippen LogP contribution in [0.2, 0.25) is 0 Å². The van der Waals surface area contributed by atoms with Crippen molar-refractivity contribution in [3.8, 4) is 0 Å². The van der Waals surface area contributed by atoms with Crippen molar-refractivity contribution in [1.82, 2.24) is 4.72 Å². The summed E-state index contributed by atoms with van der Waals surface area (Å²) in [7, 11) is -3.80. The zero-order valence-corrected chi connectivity index (χ0v) is 13.2. The molecule has 0 saturated heterocycles. The normalized spacial score (nSPS) is 14.2. The van der Waals surface area contributed by atoms with Gasteiger partial charge in [0.2, 0.25) is 10.0 Å². The van der Waals surface area contributed by atoms with E-state index in [2.05, 4.69) is 4.72 Å². The molecule has 120 valence electrons. The first kappa shape index (κ1) is 18.0. The van der Waals surface area contributed by atoms with E-state index in [0.717, 1.165) is 12.1 Å². The van der Waals surface area contributed by atoms with E-state index in [-0.39, 0.29) is 18.6 Å². The molecule has 21 heavy (non-hydrogen) atoms. The van der Waals surface area contributed by atoms with Crippen LogP contribution >= 0.6 is 0 Å². The van der Waals surface area contributed by atoms with Gasteiger partial charge < -0.3 is 5.11 Å². The summed E-state index contributed by atoms with van der Waals surface area (Å²) < 4.78 is 53.1. The highest BCUT2D eigenvalue weighted by atomic mass is 32.2. The first-order chi connectivity index (χ1) is 9.55. The van der Waals surface area contributed by atoms with Crippen LogP contribution in [0.15, 0.2) is 18.2 Å². The van der Waals surface area contributed by atoms with Crippen molar-refractivity contribution in [2.75, 3.05) is 6.61 Å². The number of hydrogen-bond acceptors (Lipinski definition) is 3. The highest BCUT2D eigenvalue weighted by Gasteiger charge is 2.28. The maximum absolute atomic E-state index is 13.5. The Bertz CT molecular complexity index is 582. The summed E-state index contributed by atoms with van der Waals surface area (Å²) >= 11 is 0. The number of aliphatic hydroxyl groups excluding tert-OH is 1. The maximum atomic E-state index is 13.5. The number of sulfonamides is 1. The van der Waals surface area contributed by atoms with Crippen molar-refractivity contribution in [3.63, 3.8) is 0 Å². The number of halogens is 2. The number of hydrogen-bond donors (Lipinski definition) is 2. The van der Waals surface area contributed by atoms with Gasteiger partial charge in [0.1, 0.15) is 11.6 Å². The Balaban J connectivity index is 2.90. The van der Waals surface area contributed by atoms with Crippen LogP contribution < -0.4 is 4.72 Å². The van der Waals surface area contributed by atoms with Gasteiger partial charge in [-0.25, -0.2) is 21.9 Å². The van der Waals surface area contributed by atoms with E-state index >= 15 is 0 Å².